The Hall–Kier alpha value is -0.960. The molecule has 1 fully saturated rings. The molecule has 106 valence electrons. The van der Waals surface area contributed by atoms with Crippen LogP contribution in [0.3, 0.4) is 0 Å². The molecule has 8 heteroatoms. The second-order valence-electron chi connectivity index (χ2n) is 4.18. The van der Waals surface area contributed by atoms with Crippen LogP contribution in [0.25, 0.3) is 0 Å². The van der Waals surface area contributed by atoms with Crippen LogP contribution in [0.4, 0.5) is 0 Å². The molecule has 0 spiro atoms. The lowest BCUT2D eigenvalue weighted by Gasteiger charge is -2.33. The molecule has 1 saturated heterocycles. The van der Waals surface area contributed by atoms with Gasteiger partial charge in [-0.3, -0.25) is 0 Å². The molecule has 1 unspecified atom stereocenters. The first-order chi connectivity index (χ1) is 8.96. The highest BCUT2D eigenvalue weighted by molar-refractivity contribution is 7.91. The summed E-state index contributed by atoms with van der Waals surface area (Å²) in [5, 5.41) is 8.85. The van der Waals surface area contributed by atoms with Crippen molar-refractivity contribution < 1.29 is 23.1 Å². The third-order valence-corrected chi connectivity index (χ3v) is 6.49. The van der Waals surface area contributed by atoms with Crippen molar-refractivity contribution in [3.8, 4) is 0 Å². The zero-order chi connectivity index (χ0) is 14.0. The van der Waals surface area contributed by atoms with Crippen LogP contribution < -0.4 is 0 Å². The van der Waals surface area contributed by atoms with Gasteiger partial charge in [0, 0.05) is 12.6 Å². The highest BCUT2D eigenvalue weighted by atomic mass is 32.2. The summed E-state index contributed by atoms with van der Waals surface area (Å²) >= 11 is 0.784. The van der Waals surface area contributed by atoms with E-state index in [1.54, 1.807) is 0 Å². The molecule has 1 atom stereocenters. The Bertz CT molecular complexity index is 565. The van der Waals surface area contributed by atoms with Crippen molar-refractivity contribution in [2.75, 3.05) is 19.8 Å². The number of nitrogens with zero attached hydrogens (tertiary/aromatic N) is 1. The van der Waals surface area contributed by atoms with Gasteiger partial charge in [-0.05, 0) is 18.6 Å². The normalized spacial score (nSPS) is 21.4. The van der Waals surface area contributed by atoms with Gasteiger partial charge < -0.3 is 9.84 Å². The van der Waals surface area contributed by atoms with E-state index in [4.69, 9.17) is 9.84 Å². The molecule has 0 aromatic carbocycles. The first kappa shape index (κ1) is 14.4. The molecular formula is C11H15NO5S2. The minimum absolute atomic E-state index is 0.0277. The van der Waals surface area contributed by atoms with Crippen LogP contribution >= 0.6 is 11.3 Å². The summed E-state index contributed by atoms with van der Waals surface area (Å²) < 4.78 is 31.7. The fourth-order valence-electron chi connectivity index (χ4n) is 1.97. The number of hydrogen-bond acceptors (Lipinski definition) is 5. The van der Waals surface area contributed by atoms with Gasteiger partial charge in [-0.1, -0.05) is 6.92 Å². The largest absolute Gasteiger partial charge is 0.477 e. The summed E-state index contributed by atoms with van der Waals surface area (Å²) in [5.74, 6) is -1.11. The van der Waals surface area contributed by atoms with E-state index in [1.165, 1.54) is 16.4 Å². The number of sulfonamides is 1. The minimum Gasteiger partial charge on any atom is -0.477 e. The van der Waals surface area contributed by atoms with Gasteiger partial charge in [-0.25, -0.2) is 13.2 Å². The first-order valence-electron chi connectivity index (χ1n) is 5.89. The minimum atomic E-state index is -3.63. The van der Waals surface area contributed by atoms with Crippen LogP contribution in [0.15, 0.2) is 16.3 Å². The summed E-state index contributed by atoms with van der Waals surface area (Å²) in [5.41, 5.74) is 0. The maximum Gasteiger partial charge on any atom is 0.345 e. The number of morpholine rings is 1. The van der Waals surface area contributed by atoms with Crippen LogP contribution in [-0.4, -0.2) is 49.6 Å². The Labute approximate surface area is 115 Å². The van der Waals surface area contributed by atoms with Crippen LogP contribution in [-0.2, 0) is 14.8 Å². The van der Waals surface area contributed by atoms with E-state index in [0.29, 0.717) is 26.2 Å². The van der Waals surface area contributed by atoms with E-state index in [1.807, 2.05) is 6.92 Å². The first-order valence-corrected chi connectivity index (χ1v) is 8.15. The molecule has 0 amide bonds. The molecule has 1 aliphatic heterocycles. The zero-order valence-corrected chi connectivity index (χ0v) is 12.0. The summed E-state index contributed by atoms with van der Waals surface area (Å²) in [6, 6.07) is 2.49. The lowest BCUT2D eigenvalue weighted by atomic mass is 10.2. The molecule has 1 aliphatic rings. The highest BCUT2D eigenvalue weighted by Crippen LogP contribution is 2.27. The van der Waals surface area contributed by atoms with Gasteiger partial charge >= 0.3 is 5.97 Å². The van der Waals surface area contributed by atoms with E-state index in [2.05, 4.69) is 0 Å². The number of aromatic carboxylic acids is 1. The summed E-state index contributed by atoms with van der Waals surface area (Å²) in [7, 11) is -3.63. The van der Waals surface area contributed by atoms with Gasteiger partial charge in [-0.15, -0.1) is 11.3 Å². The molecular weight excluding hydrogens is 290 g/mol. The Morgan fingerprint density at radius 2 is 2.32 bits per heavy atom. The molecule has 0 saturated carbocycles. The van der Waals surface area contributed by atoms with Gasteiger partial charge in [0.25, 0.3) is 10.0 Å². The number of carboxylic acids is 1. The molecule has 1 N–H and O–H groups in total. The zero-order valence-electron chi connectivity index (χ0n) is 10.4. The molecule has 0 aliphatic carbocycles. The number of thiophene rings is 1. The summed E-state index contributed by atoms with van der Waals surface area (Å²) in [4.78, 5) is 10.8. The van der Waals surface area contributed by atoms with Crippen molar-refractivity contribution in [2.45, 2.75) is 23.6 Å². The second-order valence-corrected chi connectivity index (χ2v) is 7.38. The monoisotopic (exact) mass is 305 g/mol. The van der Waals surface area contributed by atoms with E-state index in [9.17, 15) is 13.2 Å². The van der Waals surface area contributed by atoms with Gasteiger partial charge in [0.05, 0.1) is 13.2 Å². The van der Waals surface area contributed by atoms with Crippen LogP contribution in [0.2, 0.25) is 0 Å². The average Bonchev–Trinajstić information content (AvgIpc) is 2.89. The Balaban J connectivity index is 2.32. The SMILES string of the molecule is CCC1COCCN1S(=O)(=O)c1ccc(C(=O)O)s1. The van der Waals surface area contributed by atoms with E-state index >= 15 is 0 Å². The number of carbonyl (C=O) groups is 1. The molecule has 6 nitrogen and oxygen atoms in total. The van der Waals surface area contributed by atoms with Crippen molar-refractivity contribution in [1.82, 2.24) is 4.31 Å². The quantitative estimate of drug-likeness (QED) is 0.905. The standard InChI is InChI=1S/C11H15NO5S2/c1-2-8-7-17-6-5-12(8)19(15,16)10-4-3-9(18-10)11(13)14/h3-4,8H,2,5-7H2,1H3,(H,13,14). The Kier molecular flexibility index (Phi) is 4.24. The molecule has 1 aromatic rings. The van der Waals surface area contributed by atoms with Gasteiger partial charge in [0.2, 0.25) is 0 Å². The maximum atomic E-state index is 12.5. The molecule has 1 aromatic heterocycles. The highest BCUT2D eigenvalue weighted by Gasteiger charge is 2.34. The van der Waals surface area contributed by atoms with Gasteiger partial charge in [0.15, 0.2) is 0 Å². The van der Waals surface area contributed by atoms with E-state index in [0.717, 1.165) is 11.3 Å². The molecule has 2 rings (SSSR count). The van der Waals surface area contributed by atoms with Crippen LogP contribution in [0.1, 0.15) is 23.0 Å². The lowest BCUT2D eigenvalue weighted by Crippen LogP contribution is -2.48. The summed E-state index contributed by atoms with van der Waals surface area (Å²) in [6.07, 6.45) is 0.663. The van der Waals surface area contributed by atoms with Gasteiger partial charge in [0.1, 0.15) is 9.09 Å². The van der Waals surface area contributed by atoms with Crippen molar-refractivity contribution >= 4 is 27.3 Å². The van der Waals surface area contributed by atoms with Crippen molar-refractivity contribution in [3.63, 3.8) is 0 Å². The third kappa shape index (κ3) is 2.81. The number of carboxylic acid groups (broad SMARTS) is 1. The topological polar surface area (TPSA) is 83.9 Å². The summed E-state index contributed by atoms with van der Waals surface area (Å²) in [6.45, 7) is 2.96. The number of rotatable bonds is 4. The number of ether oxygens (including phenoxy) is 1. The smallest absolute Gasteiger partial charge is 0.345 e. The predicted octanol–water partition coefficient (Wildman–Crippen LogP) is 1.25. The predicted molar refractivity (Wildman–Crippen MR) is 70.1 cm³/mol. The fourth-order valence-corrected chi connectivity index (χ4v) is 4.91. The molecule has 2 heterocycles. The van der Waals surface area contributed by atoms with Crippen molar-refractivity contribution in [2.24, 2.45) is 0 Å². The van der Waals surface area contributed by atoms with E-state index < -0.39 is 16.0 Å². The van der Waals surface area contributed by atoms with Crippen molar-refractivity contribution in [3.05, 3.63) is 17.0 Å². The van der Waals surface area contributed by atoms with Crippen LogP contribution in [0.5, 0.6) is 0 Å². The molecule has 19 heavy (non-hydrogen) atoms. The molecule has 0 bridgehead atoms. The second kappa shape index (κ2) is 5.58. The maximum absolute atomic E-state index is 12.5. The van der Waals surface area contributed by atoms with Gasteiger partial charge in [-0.2, -0.15) is 4.31 Å². The third-order valence-electron chi connectivity index (χ3n) is 3.00. The van der Waals surface area contributed by atoms with Crippen molar-refractivity contribution in [1.29, 1.82) is 0 Å². The Morgan fingerprint density at radius 1 is 1.58 bits per heavy atom. The fraction of sp³-hybridized carbons (Fsp3) is 0.545. The molecule has 0 radical (unpaired) electrons. The average molecular weight is 305 g/mol. The van der Waals surface area contributed by atoms with E-state index in [-0.39, 0.29) is 15.1 Å². The lowest BCUT2D eigenvalue weighted by molar-refractivity contribution is 0.0315. The number of hydrogen-bond donors (Lipinski definition) is 1. The van der Waals surface area contributed by atoms with Crippen LogP contribution in [0, 0.1) is 0 Å². The Morgan fingerprint density at radius 3 is 2.89 bits per heavy atom.